The number of carbonyl (C=O) groups excluding carboxylic acids is 2. The minimum absolute atomic E-state index is 0.0203. The maximum atomic E-state index is 12.0. The van der Waals surface area contributed by atoms with Gasteiger partial charge in [0.25, 0.3) is 0 Å². The number of aliphatic hydroxyl groups excluding tert-OH is 2. The quantitative estimate of drug-likeness (QED) is 0.265. The van der Waals surface area contributed by atoms with Gasteiger partial charge in [-0.15, -0.1) is 0 Å². The van der Waals surface area contributed by atoms with E-state index < -0.39 is 48.7 Å². The Morgan fingerprint density at radius 1 is 1.22 bits per heavy atom. The van der Waals surface area contributed by atoms with E-state index in [0.29, 0.717) is 5.56 Å². The molecule has 1 aliphatic carbocycles. The van der Waals surface area contributed by atoms with E-state index in [-0.39, 0.29) is 18.1 Å². The number of esters is 2. The van der Waals surface area contributed by atoms with Crippen molar-refractivity contribution in [2.45, 2.75) is 43.7 Å². The van der Waals surface area contributed by atoms with Crippen molar-refractivity contribution in [1.29, 1.82) is 0 Å². The van der Waals surface area contributed by atoms with E-state index in [1.54, 1.807) is 6.92 Å². The van der Waals surface area contributed by atoms with E-state index in [1.807, 2.05) is 0 Å². The van der Waals surface area contributed by atoms with E-state index in [0.717, 1.165) is 6.08 Å². The van der Waals surface area contributed by atoms with Gasteiger partial charge in [-0.25, -0.2) is 9.59 Å². The summed E-state index contributed by atoms with van der Waals surface area (Å²) in [5.74, 6) is -2.54. The van der Waals surface area contributed by atoms with Crippen LogP contribution in [0, 0.1) is 0 Å². The fourth-order valence-electron chi connectivity index (χ4n) is 2.79. The molecule has 4 atom stereocenters. The third-order valence-corrected chi connectivity index (χ3v) is 4.20. The number of carbonyl (C=O) groups is 2. The lowest BCUT2D eigenvalue weighted by atomic mass is 9.79. The van der Waals surface area contributed by atoms with Crippen LogP contribution in [0.4, 0.5) is 0 Å². The summed E-state index contributed by atoms with van der Waals surface area (Å²) < 4.78 is 9.83. The molecule has 0 bridgehead atoms. The van der Waals surface area contributed by atoms with E-state index in [9.17, 15) is 35.1 Å². The molecule has 1 fully saturated rings. The SMILES string of the molecule is CCOC(=O)[C@]1(O)C[C@@H](O)[C@H](O)[C@@H](OC(=O)C=Cc2ccc(O)c(O)c2)C1. The minimum atomic E-state index is -2.08. The average molecular weight is 382 g/mol. The third-order valence-electron chi connectivity index (χ3n) is 4.20. The second-order valence-electron chi connectivity index (χ2n) is 6.28. The van der Waals surface area contributed by atoms with Gasteiger partial charge in [-0.3, -0.25) is 0 Å². The summed E-state index contributed by atoms with van der Waals surface area (Å²) in [7, 11) is 0. The Hall–Kier alpha value is -2.62. The largest absolute Gasteiger partial charge is 0.504 e. The summed E-state index contributed by atoms with van der Waals surface area (Å²) in [6.07, 6.45) is -2.85. The van der Waals surface area contributed by atoms with Gasteiger partial charge in [0.1, 0.15) is 12.2 Å². The molecule has 9 nitrogen and oxygen atoms in total. The van der Waals surface area contributed by atoms with Crippen LogP contribution < -0.4 is 0 Å². The number of aliphatic hydroxyl groups is 3. The normalized spacial score (nSPS) is 28.1. The average Bonchev–Trinajstić information content (AvgIpc) is 2.60. The zero-order valence-electron chi connectivity index (χ0n) is 14.6. The highest BCUT2D eigenvalue weighted by atomic mass is 16.6. The standard InChI is InChI=1S/C18H22O9/c1-2-26-17(24)18(25)8-13(21)16(23)14(9-18)27-15(22)6-4-10-3-5-11(19)12(20)7-10/h3-7,13-14,16,19-21,23,25H,2,8-9H2,1H3/t13-,14+,16+,18+/m1/s1. The number of hydrogen-bond donors (Lipinski definition) is 5. The molecule has 5 N–H and O–H groups in total. The van der Waals surface area contributed by atoms with Gasteiger partial charge in [0, 0.05) is 18.9 Å². The van der Waals surface area contributed by atoms with Gasteiger partial charge >= 0.3 is 11.9 Å². The van der Waals surface area contributed by atoms with Crippen LogP contribution in [0.2, 0.25) is 0 Å². The van der Waals surface area contributed by atoms with Gasteiger partial charge in [-0.05, 0) is 30.7 Å². The molecule has 0 aliphatic heterocycles. The Morgan fingerprint density at radius 2 is 1.93 bits per heavy atom. The zero-order chi connectivity index (χ0) is 20.2. The highest BCUT2D eigenvalue weighted by Crippen LogP contribution is 2.32. The van der Waals surface area contributed by atoms with Crippen molar-refractivity contribution in [1.82, 2.24) is 0 Å². The first-order chi connectivity index (χ1) is 12.7. The first-order valence-corrected chi connectivity index (χ1v) is 8.32. The second kappa shape index (κ2) is 8.38. The van der Waals surface area contributed by atoms with Crippen molar-refractivity contribution in [2.24, 2.45) is 0 Å². The molecule has 0 saturated heterocycles. The number of aromatic hydroxyl groups is 2. The fraction of sp³-hybridized carbons (Fsp3) is 0.444. The van der Waals surface area contributed by atoms with E-state index >= 15 is 0 Å². The van der Waals surface area contributed by atoms with Gasteiger partial charge in [-0.1, -0.05) is 6.07 Å². The number of benzene rings is 1. The Bertz CT molecular complexity index is 730. The molecule has 1 saturated carbocycles. The van der Waals surface area contributed by atoms with Crippen molar-refractivity contribution in [3.05, 3.63) is 29.8 Å². The smallest absolute Gasteiger partial charge is 0.338 e. The molecule has 0 amide bonds. The Labute approximate surface area is 155 Å². The maximum Gasteiger partial charge on any atom is 0.338 e. The van der Waals surface area contributed by atoms with Gasteiger partial charge in [-0.2, -0.15) is 0 Å². The molecule has 0 heterocycles. The van der Waals surface area contributed by atoms with Crippen LogP contribution in [0.1, 0.15) is 25.3 Å². The zero-order valence-corrected chi connectivity index (χ0v) is 14.6. The molecule has 0 unspecified atom stereocenters. The monoisotopic (exact) mass is 382 g/mol. The van der Waals surface area contributed by atoms with Crippen LogP contribution in [-0.2, 0) is 19.1 Å². The highest BCUT2D eigenvalue weighted by molar-refractivity contribution is 5.87. The molecule has 1 aromatic carbocycles. The molecule has 148 valence electrons. The number of phenolic OH excluding ortho intramolecular Hbond substituents is 2. The maximum absolute atomic E-state index is 12.0. The molecule has 1 aliphatic rings. The fourth-order valence-corrected chi connectivity index (χ4v) is 2.79. The molecule has 27 heavy (non-hydrogen) atoms. The number of rotatable bonds is 5. The molecule has 0 aromatic heterocycles. The van der Waals surface area contributed by atoms with E-state index in [2.05, 4.69) is 0 Å². The Morgan fingerprint density at radius 3 is 2.56 bits per heavy atom. The molecule has 9 heteroatoms. The predicted molar refractivity (Wildman–Crippen MR) is 91.5 cm³/mol. The van der Waals surface area contributed by atoms with Crippen LogP contribution in [0.15, 0.2) is 24.3 Å². The van der Waals surface area contributed by atoms with Crippen molar-refractivity contribution < 1.29 is 44.6 Å². The lowest BCUT2D eigenvalue weighted by Crippen LogP contribution is -2.57. The van der Waals surface area contributed by atoms with Gasteiger partial charge in [0.2, 0.25) is 0 Å². The summed E-state index contributed by atoms with van der Waals surface area (Å²) in [5.41, 5.74) is -1.68. The van der Waals surface area contributed by atoms with E-state index in [4.69, 9.17) is 9.47 Å². The highest BCUT2D eigenvalue weighted by Gasteiger charge is 2.51. The van der Waals surface area contributed by atoms with Gasteiger partial charge in [0.05, 0.1) is 12.7 Å². The van der Waals surface area contributed by atoms with E-state index in [1.165, 1.54) is 24.3 Å². The van der Waals surface area contributed by atoms with Crippen molar-refractivity contribution in [3.8, 4) is 11.5 Å². The van der Waals surface area contributed by atoms with Crippen LogP contribution in [0.5, 0.6) is 11.5 Å². The molecular formula is C18H22O9. The van der Waals surface area contributed by atoms with Crippen LogP contribution in [0.3, 0.4) is 0 Å². The summed E-state index contributed by atoms with van der Waals surface area (Å²) in [4.78, 5) is 23.9. The first-order valence-electron chi connectivity index (χ1n) is 8.32. The van der Waals surface area contributed by atoms with Gasteiger partial charge in [0.15, 0.2) is 17.1 Å². The topological polar surface area (TPSA) is 154 Å². The molecular weight excluding hydrogens is 360 g/mol. The van der Waals surface area contributed by atoms with Crippen molar-refractivity contribution >= 4 is 18.0 Å². The van der Waals surface area contributed by atoms with Crippen LogP contribution in [0.25, 0.3) is 6.08 Å². The van der Waals surface area contributed by atoms with Crippen LogP contribution in [-0.4, -0.2) is 68.0 Å². The molecule has 0 radical (unpaired) electrons. The third kappa shape index (κ3) is 4.97. The lowest BCUT2D eigenvalue weighted by Gasteiger charge is -2.39. The van der Waals surface area contributed by atoms with Crippen LogP contribution >= 0.6 is 0 Å². The number of hydrogen-bond acceptors (Lipinski definition) is 9. The molecule has 2 rings (SSSR count). The summed E-state index contributed by atoms with van der Waals surface area (Å²) in [5, 5.41) is 49.0. The minimum Gasteiger partial charge on any atom is -0.504 e. The Kier molecular flexibility index (Phi) is 6.42. The summed E-state index contributed by atoms with van der Waals surface area (Å²) in [6.45, 7) is 1.57. The van der Waals surface area contributed by atoms with Crippen molar-refractivity contribution in [3.63, 3.8) is 0 Å². The predicted octanol–water partition coefficient (Wildman–Crippen LogP) is -0.167. The Balaban J connectivity index is 2.06. The van der Waals surface area contributed by atoms with Gasteiger partial charge < -0.3 is 35.0 Å². The summed E-state index contributed by atoms with van der Waals surface area (Å²) in [6, 6.07) is 3.90. The number of phenols is 2. The second-order valence-corrected chi connectivity index (χ2v) is 6.28. The summed E-state index contributed by atoms with van der Waals surface area (Å²) >= 11 is 0. The lowest BCUT2D eigenvalue weighted by molar-refractivity contribution is -0.199. The molecule has 1 aromatic rings. The number of ether oxygens (including phenoxy) is 2. The first kappa shape index (κ1) is 20.7. The molecule has 0 spiro atoms. The van der Waals surface area contributed by atoms with Crippen molar-refractivity contribution in [2.75, 3.05) is 6.61 Å².